The van der Waals surface area contributed by atoms with Crippen LogP contribution in [-0.2, 0) is 16.1 Å². The average Bonchev–Trinajstić information content (AvgIpc) is 2.28. The molecule has 0 bridgehead atoms. The van der Waals surface area contributed by atoms with E-state index in [0.717, 1.165) is 5.56 Å². The molecule has 4 nitrogen and oxygen atoms in total. The van der Waals surface area contributed by atoms with Crippen molar-refractivity contribution in [2.45, 2.75) is 19.9 Å². The molecule has 1 unspecified atom stereocenters. The van der Waals surface area contributed by atoms with Crippen LogP contribution in [0, 0.1) is 5.92 Å². The molecule has 1 atom stereocenters. The first-order valence-corrected chi connectivity index (χ1v) is 5.26. The molecule has 1 rings (SSSR count). The van der Waals surface area contributed by atoms with E-state index in [0.29, 0.717) is 13.0 Å². The maximum absolute atomic E-state index is 11.6. The first-order chi connectivity index (χ1) is 7.65. The summed E-state index contributed by atoms with van der Waals surface area (Å²) in [6, 6.07) is 9.51. The van der Waals surface area contributed by atoms with Crippen molar-refractivity contribution in [2.75, 3.05) is 0 Å². The van der Waals surface area contributed by atoms with Gasteiger partial charge in [0.15, 0.2) is 0 Å². The van der Waals surface area contributed by atoms with Crippen molar-refractivity contribution >= 4 is 11.8 Å². The quantitative estimate of drug-likeness (QED) is 0.721. The van der Waals surface area contributed by atoms with Crippen LogP contribution in [-0.4, -0.2) is 11.8 Å². The molecule has 0 fully saturated rings. The fourth-order valence-electron chi connectivity index (χ4n) is 1.42. The summed E-state index contributed by atoms with van der Waals surface area (Å²) in [4.78, 5) is 22.5. The topological polar surface area (TPSA) is 72.2 Å². The minimum atomic E-state index is -0.733. The second kappa shape index (κ2) is 5.90. The van der Waals surface area contributed by atoms with Gasteiger partial charge in [-0.05, 0) is 12.0 Å². The molecule has 2 amide bonds. The highest BCUT2D eigenvalue weighted by Gasteiger charge is 2.21. The number of carbonyl (C=O) groups excluding carboxylic acids is 2. The van der Waals surface area contributed by atoms with E-state index in [1.807, 2.05) is 30.3 Å². The molecular formula is C12H16N2O2. The molecule has 0 aromatic heterocycles. The maximum atomic E-state index is 11.6. The molecule has 3 N–H and O–H groups in total. The molecule has 0 aliphatic carbocycles. The lowest BCUT2D eigenvalue weighted by Gasteiger charge is -2.11. The second-order valence-electron chi connectivity index (χ2n) is 3.57. The van der Waals surface area contributed by atoms with Gasteiger partial charge in [0.25, 0.3) is 0 Å². The van der Waals surface area contributed by atoms with Crippen LogP contribution in [0.3, 0.4) is 0 Å². The third-order valence-corrected chi connectivity index (χ3v) is 2.38. The molecule has 4 heteroatoms. The zero-order valence-corrected chi connectivity index (χ0v) is 9.27. The number of benzene rings is 1. The van der Waals surface area contributed by atoms with E-state index >= 15 is 0 Å². The van der Waals surface area contributed by atoms with Gasteiger partial charge >= 0.3 is 0 Å². The van der Waals surface area contributed by atoms with Crippen molar-refractivity contribution in [2.24, 2.45) is 11.7 Å². The number of hydrogen-bond acceptors (Lipinski definition) is 2. The van der Waals surface area contributed by atoms with Crippen molar-refractivity contribution in [3.05, 3.63) is 35.9 Å². The van der Waals surface area contributed by atoms with Crippen molar-refractivity contribution in [3.63, 3.8) is 0 Å². The van der Waals surface area contributed by atoms with Crippen LogP contribution < -0.4 is 11.1 Å². The average molecular weight is 220 g/mol. The molecule has 0 heterocycles. The first kappa shape index (κ1) is 12.2. The number of nitrogens with two attached hydrogens (primary N) is 1. The van der Waals surface area contributed by atoms with E-state index in [2.05, 4.69) is 5.32 Å². The van der Waals surface area contributed by atoms with Gasteiger partial charge in [-0.3, -0.25) is 9.59 Å². The lowest BCUT2D eigenvalue weighted by Crippen LogP contribution is -2.38. The molecule has 16 heavy (non-hydrogen) atoms. The van der Waals surface area contributed by atoms with Crippen LogP contribution in [0.5, 0.6) is 0 Å². The van der Waals surface area contributed by atoms with Gasteiger partial charge < -0.3 is 11.1 Å². The summed E-state index contributed by atoms with van der Waals surface area (Å²) >= 11 is 0. The van der Waals surface area contributed by atoms with Crippen molar-refractivity contribution < 1.29 is 9.59 Å². The van der Waals surface area contributed by atoms with Crippen LogP contribution in [0.15, 0.2) is 30.3 Å². The van der Waals surface area contributed by atoms with Gasteiger partial charge in [-0.25, -0.2) is 0 Å². The van der Waals surface area contributed by atoms with Gasteiger partial charge in [0.1, 0.15) is 5.92 Å². The van der Waals surface area contributed by atoms with E-state index < -0.39 is 11.8 Å². The van der Waals surface area contributed by atoms with E-state index in [1.54, 1.807) is 6.92 Å². The van der Waals surface area contributed by atoms with Crippen LogP contribution in [0.4, 0.5) is 0 Å². The third kappa shape index (κ3) is 3.38. The third-order valence-electron chi connectivity index (χ3n) is 2.38. The molecule has 1 aromatic rings. The predicted octanol–water partition coefficient (Wildman–Crippen LogP) is 0.814. The summed E-state index contributed by atoms with van der Waals surface area (Å²) in [7, 11) is 0. The van der Waals surface area contributed by atoms with E-state index in [9.17, 15) is 9.59 Å². The van der Waals surface area contributed by atoms with Gasteiger partial charge in [0.2, 0.25) is 11.8 Å². The van der Waals surface area contributed by atoms with E-state index in [1.165, 1.54) is 0 Å². The Kier molecular flexibility index (Phi) is 4.51. The minimum Gasteiger partial charge on any atom is -0.369 e. The van der Waals surface area contributed by atoms with Crippen LogP contribution in [0.2, 0.25) is 0 Å². The maximum Gasteiger partial charge on any atom is 0.232 e. The monoisotopic (exact) mass is 220 g/mol. The number of rotatable bonds is 5. The Balaban J connectivity index is 2.49. The number of nitrogens with one attached hydrogen (secondary N) is 1. The molecule has 0 aliphatic rings. The summed E-state index contributed by atoms with van der Waals surface area (Å²) in [5.41, 5.74) is 6.11. The fourth-order valence-corrected chi connectivity index (χ4v) is 1.42. The fraction of sp³-hybridized carbons (Fsp3) is 0.333. The largest absolute Gasteiger partial charge is 0.369 e. The Bertz CT molecular complexity index is 363. The molecule has 0 saturated carbocycles. The summed E-state index contributed by atoms with van der Waals surface area (Å²) in [5.74, 6) is -1.62. The number of amides is 2. The Hall–Kier alpha value is -1.84. The van der Waals surface area contributed by atoms with Crippen LogP contribution in [0.1, 0.15) is 18.9 Å². The number of hydrogen-bond donors (Lipinski definition) is 2. The van der Waals surface area contributed by atoms with Gasteiger partial charge in [-0.15, -0.1) is 0 Å². The van der Waals surface area contributed by atoms with Gasteiger partial charge in [-0.1, -0.05) is 37.3 Å². The standard InChI is InChI=1S/C12H16N2O2/c1-2-10(11(13)15)12(16)14-8-9-6-4-3-5-7-9/h3-7,10H,2,8H2,1H3,(H2,13,15)(H,14,16). The summed E-state index contributed by atoms with van der Waals surface area (Å²) in [6.45, 7) is 2.18. The molecule has 0 aliphatic heterocycles. The molecule has 0 saturated heterocycles. The van der Waals surface area contributed by atoms with Crippen LogP contribution >= 0.6 is 0 Å². The van der Waals surface area contributed by atoms with Gasteiger partial charge in [-0.2, -0.15) is 0 Å². The highest BCUT2D eigenvalue weighted by Crippen LogP contribution is 2.03. The summed E-state index contributed by atoms with van der Waals surface area (Å²) in [5, 5.41) is 2.69. The minimum absolute atomic E-state index is 0.307. The summed E-state index contributed by atoms with van der Waals surface area (Å²) < 4.78 is 0. The zero-order chi connectivity index (χ0) is 12.0. The Morgan fingerprint density at radius 3 is 2.44 bits per heavy atom. The Morgan fingerprint density at radius 1 is 1.31 bits per heavy atom. The lowest BCUT2D eigenvalue weighted by atomic mass is 10.1. The first-order valence-electron chi connectivity index (χ1n) is 5.26. The molecule has 0 radical (unpaired) electrons. The van der Waals surface area contributed by atoms with E-state index in [-0.39, 0.29) is 5.91 Å². The zero-order valence-electron chi connectivity index (χ0n) is 9.27. The number of carbonyl (C=O) groups is 2. The molecular weight excluding hydrogens is 204 g/mol. The van der Waals surface area contributed by atoms with Crippen molar-refractivity contribution in [3.8, 4) is 0 Å². The highest BCUT2D eigenvalue weighted by molar-refractivity contribution is 5.99. The number of primary amides is 1. The van der Waals surface area contributed by atoms with E-state index in [4.69, 9.17) is 5.73 Å². The normalized spacial score (nSPS) is 11.8. The molecule has 0 spiro atoms. The second-order valence-corrected chi connectivity index (χ2v) is 3.57. The lowest BCUT2D eigenvalue weighted by molar-refractivity contribution is -0.133. The Morgan fingerprint density at radius 2 is 1.94 bits per heavy atom. The smallest absolute Gasteiger partial charge is 0.232 e. The van der Waals surface area contributed by atoms with Gasteiger partial charge in [0.05, 0.1) is 0 Å². The van der Waals surface area contributed by atoms with Crippen molar-refractivity contribution in [1.29, 1.82) is 0 Å². The van der Waals surface area contributed by atoms with Crippen molar-refractivity contribution in [1.82, 2.24) is 5.32 Å². The predicted molar refractivity (Wildman–Crippen MR) is 61.3 cm³/mol. The Labute approximate surface area is 94.8 Å². The highest BCUT2D eigenvalue weighted by atomic mass is 16.2. The SMILES string of the molecule is CCC(C(N)=O)C(=O)NCc1ccccc1. The molecule has 1 aromatic carbocycles. The molecule has 86 valence electrons. The van der Waals surface area contributed by atoms with Gasteiger partial charge in [0, 0.05) is 6.54 Å². The summed E-state index contributed by atoms with van der Waals surface area (Å²) in [6.07, 6.45) is 0.427. The van der Waals surface area contributed by atoms with Crippen LogP contribution in [0.25, 0.3) is 0 Å².